The van der Waals surface area contributed by atoms with E-state index in [2.05, 4.69) is 27.6 Å². The summed E-state index contributed by atoms with van der Waals surface area (Å²) in [4.78, 5) is 16.4. The van der Waals surface area contributed by atoms with E-state index in [-0.39, 0.29) is 5.91 Å². The largest absolute Gasteiger partial charge is 0.381 e. The molecule has 0 radical (unpaired) electrons. The van der Waals surface area contributed by atoms with Crippen molar-refractivity contribution >= 4 is 17.2 Å². The summed E-state index contributed by atoms with van der Waals surface area (Å²) >= 11 is 1.76. The molecule has 6 heteroatoms. The SMILES string of the molecule is Cc1noc(C)c1CCC(=O)N(CCc1cccs1)C1CCOCC1. The number of hydrogen-bond acceptors (Lipinski definition) is 5. The van der Waals surface area contributed by atoms with E-state index >= 15 is 0 Å². The van der Waals surface area contributed by atoms with Crippen molar-refractivity contribution in [3.8, 4) is 0 Å². The smallest absolute Gasteiger partial charge is 0.223 e. The Hall–Kier alpha value is -1.66. The predicted molar refractivity (Wildman–Crippen MR) is 97.9 cm³/mol. The number of rotatable bonds is 7. The average molecular weight is 362 g/mol. The number of thiophene rings is 1. The highest BCUT2D eigenvalue weighted by molar-refractivity contribution is 7.09. The highest BCUT2D eigenvalue weighted by atomic mass is 32.1. The number of carbonyl (C=O) groups is 1. The van der Waals surface area contributed by atoms with Gasteiger partial charge in [-0.25, -0.2) is 0 Å². The van der Waals surface area contributed by atoms with Crippen molar-refractivity contribution in [1.82, 2.24) is 10.1 Å². The van der Waals surface area contributed by atoms with Crippen LogP contribution in [0.15, 0.2) is 22.0 Å². The number of aromatic nitrogens is 1. The Bertz CT molecular complexity index is 655. The standard InChI is InChI=1S/C19H26N2O3S/c1-14-18(15(2)24-20-14)5-6-19(22)21(16-8-11-23-12-9-16)10-7-17-4-3-13-25-17/h3-4,13,16H,5-12H2,1-2H3. The minimum absolute atomic E-state index is 0.225. The van der Waals surface area contributed by atoms with Gasteiger partial charge in [0.05, 0.1) is 5.69 Å². The number of ether oxygens (including phenoxy) is 1. The molecular formula is C19H26N2O3S. The van der Waals surface area contributed by atoms with Crippen LogP contribution in [0.25, 0.3) is 0 Å². The van der Waals surface area contributed by atoms with Crippen LogP contribution in [0.3, 0.4) is 0 Å². The number of amides is 1. The second-order valence-corrected chi connectivity index (χ2v) is 7.60. The van der Waals surface area contributed by atoms with E-state index in [1.165, 1.54) is 4.88 Å². The van der Waals surface area contributed by atoms with Crippen LogP contribution in [0.2, 0.25) is 0 Å². The molecule has 25 heavy (non-hydrogen) atoms. The maximum absolute atomic E-state index is 13.0. The van der Waals surface area contributed by atoms with Gasteiger partial charge in [-0.2, -0.15) is 0 Å². The zero-order chi connectivity index (χ0) is 17.6. The number of aryl methyl sites for hydroxylation is 2. The lowest BCUT2D eigenvalue weighted by molar-refractivity contribution is -0.135. The first-order valence-corrected chi connectivity index (χ1v) is 9.84. The summed E-state index contributed by atoms with van der Waals surface area (Å²) in [7, 11) is 0. The normalized spacial score (nSPS) is 15.4. The third kappa shape index (κ3) is 4.70. The molecule has 5 nitrogen and oxygen atoms in total. The Morgan fingerprint density at radius 1 is 1.32 bits per heavy atom. The van der Waals surface area contributed by atoms with Gasteiger partial charge in [0.15, 0.2) is 0 Å². The molecule has 3 rings (SSSR count). The molecule has 0 unspecified atom stereocenters. The molecule has 2 aromatic rings. The average Bonchev–Trinajstić information content (AvgIpc) is 3.25. The number of nitrogens with zero attached hydrogens (tertiary/aromatic N) is 2. The van der Waals surface area contributed by atoms with Crippen LogP contribution >= 0.6 is 11.3 Å². The van der Waals surface area contributed by atoms with Crippen molar-refractivity contribution in [1.29, 1.82) is 0 Å². The molecule has 1 saturated heterocycles. The molecule has 1 aliphatic rings. The van der Waals surface area contributed by atoms with E-state index in [0.29, 0.717) is 18.9 Å². The predicted octanol–water partition coefficient (Wildman–Crippen LogP) is 3.54. The van der Waals surface area contributed by atoms with E-state index in [9.17, 15) is 4.79 Å². The monoisotopic (exact) mass is 362 g/mol. The van der Waals surface area contributed by atoms with E-state index < -0.39 is 0 Å². The fourth-order valence-corrected chi connectivity index (χ4v) is 4.13. The van der Waals surface area contributed by atoms with E-state index in [4.69, 9.17) is 9.26 Å². The molecule has 0 atom stereocenters. The second kappa shape index (κ2) is 8.63. The van der Waals surface area contributed by atoms with Crippen molar-refractivity contribution in [2.75, 3.05) is 19.8 Å². The van der Waals surface area contributed by atoms with Crippen LogP contribution in [-0.2, 0) is 22.4 Å². The first-order valence-electron chi connectivity index (χ1n) is 8.96. The summed E-state index contributed by atoms with van der Waals surface area (Å²) in [5, 5.41) is 6.07. The first-order chi connectivity index (χ1) is 12.1. The second-order valence-electron chi connectivity index (χ2n) is 6.56. The van der Waals surface area contributed by atoms with Gasteiger partial charge in [-0.1, -0.05) is 11.2 Å². The van der Waals surface area contributed by atoms with E-state index in [1.54, 1.807) is 11.3 Å². The Morgan fingerprint density at radius 2 is 2.12 bits per heavy atom. The van der Waals surface area contributed by atoms with Gasteiger partial charge < -0.3 is 14.2 Å². The fourth-order valence-electron chi connectivity index (χ4n) is 3.43. The molecule has 0 N–H and O–H groups in total. The Balaban J connectivity index is 1.63. The summed E-state index contributed by atoms with van der Waals surface area (Å²) in [5.41, 5.74) is 1.96. The summed E-state index contributed by atoms with van der Waals surface area (Å²) in [6.45, 7) is 6.12. The van der Waals surface area contributed by atoms with Gasteiger partial charge in [0.2, 0.25) is 5.91 Å². The van der Waals surface area contributed by atoms with Gasteiger partial charge in [-0.05, 0) is 51.0 Å². The van der Waals surface area contributed by atoms with Crippen LogP contribution in [0.4, 0.5) is 0 Å². The van der Waals surface area contributed by atoms with E-state index in [1.807, 2.05) is 13.8 Å². The molecule has 0 spiro atoms. The zero-order valence-electron chi connectivity index (χ0n) is 15.0. The minimum atomic E-state index is 0.225. The van der Waals surface area contributed by atoms with Gasteiger partial charge in [0, 0.05) is 42.7 Å². The number of hydrogen-bond donors (Lipinski definition) is 0. The van der Waals surface area contributed by atoms with Crippen LogP contribution in [-0.4, -0.2) is 41.8 Å². The molecule has 2 aromatic heterocycles. The van der Waals surface area contributed by atoms with Crippen molar-refractivity contribution < 1.29 is 14.1 Å². The van der Waals surface area contributed by atoms with Crippen molar-refractivity contribution in [3.05, 3.63) is 39.4 Å². The first kappa shape index (κ1) is 18.1. The van der Waals surface area contributed by atoms with Crippen LogP contribution in [0, 0.1) is 13.8 Å². The van der Waals surface area contributed by atoms with Gasteiger partial charge in [-0.3, -0.25) is 4.79 Å². The maximum atomic E-state index is 13.0. The molecule has 0 aliphatic carbocycles. The molecule has 136 valence electrons. The topological polar surface area (TPSA) is 55.6 Å². The van der Waals surface area contributed by atoms with Gasteiger partial charge in [0.25, 0.3) is 0 Å². The van der Waals surface area contributed by atoms with Crippen LogP contribution < -0.4 is 0 Å². The van der Waals surface area contributed by atoms with Gasteiger partial charge in [-0.15, -0.1) is 11.3 Å². The molecule has 0 saturated carbocycles. The Labute approximate surface area is 153 Å². The Morgan fingerprint density at radius 3 is 2.76 bits per heavy atom. The lowest BCUT2D eigenvalue weighted by Gasteiger charge is -2.34. The molecule has 0 bridgehead atoms. The summed E-state index contributed by atoms with van der Waals surface area (Å²) in [6.07, 6.45) is 3.98. The minimum Gasteiger partial charge on any atom is -0.381 e. The fraction of sp³-hybridized carbons (Fsp3) is 0.579. The van der Waals surface area contributed by atoms with Crippen molar-refractivity contribution in [2.45, 2.75) is 52.0 Å². The third-order valence-corrected chi connectivity index (χ3v) is 5.84. The molecule has 3 heterocycles. The maximum Gasteiger partial charge on any atom is 0.223 e. The lowest BCUT2D eigenvalue weighted by atomic mass is 10.0. The highest BCUT2D eigenvalue weighted by Crippen LogP contribution is 2.20. The molecule has 0 aromatic carbocycles. The van der Waals surface area contributed by atoms with E-state index in [0.717, 1.165) is 56.0 Å². The van der Waals surface area contributed by atoms with Crippen molar-refractivity contribution in [2.24, 2.45) is 0 Å². The van der Waals surface area contributed by atoms with Crippen LogP contribution in [0.1, 0.15) is 41.2 Å². The quantitative estimate of drug-likeness (QED) is 0.756. The molecule has 1 amide bonds. The summed E-state index contributed by atoms with van der Waals surface area (Å²) in [5.74, 6) is 1.05. The third-order valence-electron chi connectivity index (χ3n) is 4.90. The molecular weight excluding hydrogens is 336 g/mol. The summed E-state index contributed by atoms with van der Waals surface area (Å²) in [6, 6.07) is 4.50. The molecule has 1 aliphatic heterocycles. The van der Waals surface area contributed by atoms with Crippen molar-refractivity contribution in [3.63, 3.8) is 0 Å². The molecule has 1 fully saturated rings. The van der Waals surface area contributed by atoms with Gasteiger partial charge >= 0.3 is 0 Å². The zero-order valence-corrected chi connectivity index (χ0v) is 15.8. The van der Waals surface area contributed by atoms with Crippen LogP contribution in [0.5, 0.6) is 0 Å². The Kier molecular flexibility index (Phi) is 6.26. The van der Waals surface area contributed by atoms with Gasteiger partial charge in [0.1, 0.15) is 5.76 Å². The summed E-state index contributed by atoms with van der Waals surface area (Å²) < 4.78 is 10.7. The lowest BCUT2D eigenvalue weighted by Crippen LogP contribution is -2.44. The highest BCUT2D eigenvalue weighted by Gasteiger charge is 2.26. The number of carbonyl (C=O) groups excluding carboxylic acids is 1.